The van der Waals surface area contributed by atoms with Gasteiger partial charge in [-0.2, -0.15) is 0 Å². The molecule has 5 nitrogen and oxygen atoms in total. The molecule has 3 N–H and O–H groups in total. The number of amides is 1. The monoisotopic (exact) mass is 339 g/mol. The fraction of sp³-hybridized carbons (Fsp3) is 0.0667. The highest BCUT2D eigenvalue weighted by Crippen LogP contribution is 2.27. The van der Waals surface area contributed by atoms with Crippen molar-refractivity contribution >= 4 is 35.1 Å². The number of carboxylic acid groups (broad SMARTS) is 1. The molecule has 2 rings (SSSR count). The largest absolute Gasteiger partial charge is 0.508 e. The van der Waals surface area contributed by atoms with E-state index in [0.29, 0.717) is 10.6 Å². The van der Waals surface area contributed by atoms with Gasteiger partial charge in [0.15, 0.2) is 5.78 Å². The van der Waals surface area contributed by atoms with E-state index in [0.717, 1.165) is 0 Å². The number of ketones is 1. The number of nitrogens with one attached hydrogen (secondary N) is 1. The molecule has 0 aliphatic rings. The van der Waals surface area contributed by atoms with Crippen LogP contribution in [0.5, 0.6) is 5.75 Å². The van der Waals surface area contributed by atoms with Gasteiger partial charge in [-0.15, -0.1) is 0 Å². The summed E-state index contributed by atoms with van der Waals surface area (Å²) in [5, 5.41) is 20.9. The summed E-state index contributed by atoms with van der Waals surface area (Å²) in [6.45, 7) is 0. The van der Waals surface area contributed by atoms with E-state index in [-0.39, 0.29) is 16.3 Å². The van der Waals surface area contributed by atoms with Gasteiger partial charge in [0.1, 0.15) is 11.8 Å². The third-order valence-corrected chi connectivity index (χ3v) is 3.70. The molecule has 0 aromatic heterocycles. The summed E-state index contributed by atoms with van der Waals surface area (Å²) in [6.07, 6.45) is -1.34. The van der Waals surface area contributed by atoms with Crippen LogP contribution in [-0.4, -0.2) is 22.1 Å². The maximum atomic E-state index is 12.5. The molecule has 0 bridgehead atoms. The highest BCUT2D eigenvalue weighted by molar-refractivity contribution is 6.42. The lowest BCUT2D eigenvalue weighted by molar-refractivity contribution is 0.0936. The second-order valence-electron chi connectivity index (χ2n) is 4.47. The minimum atomic E-state index is -1.34. The van der Waals surface area contributed by atoms with Crippen molar-refractivity contribution in [3.05, 3.63) is 63.6 Å². The van der Waals surface area contributed by atoms with Gasteiger partial charge in [-0.3, -0.25) is 4.79 Å². The summed E-state index contributed by atoms with van der Waals surface area (Å²) >= 11 is 11.7. The van der Waals surface area contributed by atoms with Crippen LogP contribution in [0, 0.1) is 0 Å². The second-order valence-corrected chi connectivity index (χ2v) is 5.28. The standard InChI is InChI=1S/C15H11Cl2NO4/c16-11-6-3-9(7-12(11)17)13(18-15(21)22)14(20)8-1-4-10(19)5-2-8/h1-7,13,18-19H,(H,21,22). The van der Waals surface area contributed by atoms with E-state index in [2.05, 4.69) is 5.32 Å². The Kier molecular flexibility index (Phi) is 4.90. The van der Waals surface area contributed by atoms with Crippen LogP contribution in [0.2, 0.25) is 10.0 Å². The number of carbonyl (C=O) groups excluding carboxylic acids is 1. The van der Waals surface area contributed by atoms with Gasteiger partial charge in [0, 0.05) is 5.56 Å². The van der Waals surface area contributed by atoms with Crippen LogP contribution in [0.3, 0.4) is 0 Å². The van der Waals surface area contributed by atoms with Crippen molar-refractivity contribution in [3.8, 4) is 5.75 Å². The molecule has 2 aromatic rings. The molecule has 0 saturated carbocycles. The zero-order valence-electron chi connectivity index (χ0n) is 11.1. The molecule has 114 valence electrons. The summed E-state index contributed by atoms with van der Waals surface area (Å²) in [4.78, 5) is 23.5. The van der Waals surface area contributed by atoms with Crippen LogP contribution >= 0.6 is 23.2 Å². The third-order valence-electron chi connectivity index (χ3n) is 2.96. The molecule has 0 saturated heterocycles. The smallest absolute Gasteiger partial charge is 0.405 e. The van der Waals surface area contributed by atoms with Gasteiger partial charge in [0.25, 0.3) is 0 Å². The van der Waals surface area contributed by atoms with Gasteiger partial charge >= 0.3 is 6.09 Å². The lowest BCUT2D eigenvalue weighted by Crippen LogP contribution is -2.32. The summed E-state index contributed by atoms with van der Waals surface area (Å²) in [5.74, 6) is -0.463. The fourth-order valence-electron chi connectivity index (χ4n) is 1.91. The molecule has 0 radical (unpaired) electrons. The van der Waals surface area contributed by atoms with E-state index in [1.54, 1.807) is 0 Å². The maximum absolute atomic E-state index is 12.5. The zero-order valence-corrected chi connectivity index (χ0v) is 12.6. The number of hydrogen-bond acceptors (Lipinski definition) is 3. The molecule has 0 aliphatic carbocycles. The Morgan fingerprint density at radius 2 is 1.64 bits per heavy atom. The minimum Gasteiger partial charge on any atom is -0.508 e. The van der Waals surface area contributed by atoms with Crippen molar-refractivity contribution in [2.75, 3.05) is 0 Å². The fourth-order valence-corrected chi connectivity index (χ4v) is 2.21. The van der Waals surface area contributed by atoms with E-state index < -0.39 is 17.9 Å². The first-order valence-electron chi connectivity index (χ1n) is 6.16. The van der Waals surface area contributed by atoms with Crippen molar-refractivity contribution in [2.45, 2.75) is 6.04 Å². The SMILES string of the molecule is O=C(O)NC(C(=O)c1ccc(O)cc1)c1ccc(Cl)c(Cl)c1. The summed E-state index contributed by atoms with van der Waals surface area (Å²) in [7, 11) is 0. The Bertz CT molecular complexity index is 716. The van der Waals surface area contributed by atoms with Gasteiger partial charge in [-0.05, 0) is 42.0 Å². The number of carbonyl (C=O) groups is 2. The molecule has 1 unspecified atom stereocenters. The molecule has 1 atom stereocenters. The first-order valence-corrected chi connectivity index (χ1v) is 6.91. The Balaban J connectivity index is 2.40. The highest BCUT2D eigenvalue weighted by Gasteiger charge is 2.24. The molecule has 0 fully saturated rings. The van der Waals surface area contributed by atoms with Gasteiger partial charge in [-0.25, -0.2) is 4.79 Å². The average Bonchev–Trinajstić information content (AvgIpc) is 2.48. The summed E-state index contributed by atoms with van der Waals surface area (Å²) < 4.78 is 0. The Hall–Kier alpha value is -2.24. The second kappa shape index (κ2) is 6.68. The van der Waals surface area contributed by atoms with Crippen molar-refractivity contribution in [1.82, 2.24) is 5.32 Å². The van der Waals surface area contributed by atoms with Crippen LogP contribution in [0.15, 0.2) is 42.5 Å². The number of rotatable bonds is 4. The predicted octanol–water partition coefficient (Wildman–Crippen LogP) is 3.89. The molecule has 0 heterocycles. The Labute approximate surface area is 136 Å². The normalized spacial score (nSPS) is 11.7. The van der Waals surface area contributed by atoms with Crippen molar-refractivity contribution in [2.24, 2.45) is 0 Å². The molecular weight excluding hydrogens is 329 g/mol. The Morgan fingerprint density at radius 3 is 2.18 bits per heavy atom. The quantitative estimate of drug-likeness (QED) is 0.737. The molecule has 22 heavy (non-hydrogen) atoms. The Morgan fingerprint density at radius 1 is 1.00 bits per heavy atom. The molecule has 0 spiro atoms. The number of halogens is 2. The predicted molar refractivity (Wildman–Crippen MR) is 82.8 cm³/mol. The number of phenols is 1. The van der Waals surface area contributed by atoms with Gasteiger partial charge in [-0.1, -0.05) is 29.3 Å². The number of hydrogen-bond donors (Lipinski definition) is 3. The summed E-state index contributed by atoms with van der Waals surface area (Å²) in [6, 6.07) is 8.82. The summed E-state index contributed by atoms with van der Waals surface area (Å²) in [5.41, 5.74) is 0.623. The van der Waals surface area contributed by atoms with E-state index in [1.165, 1.54) is 42.5 Å². The zero-order chi connectivity index (χ0) is 16.3. The molecular formula is C15H11Cl2NO4. The third kappa shape index (κ3) is 3.69. The van der Waals surface area contributed by atoms with E-state index in [9.17, 15) is 14.7 Å². The van der Waals surface area contributed by atoms with Crippen LogP contribution < -0.4 is 5.32 Å². The van der Waals surface area contributed by atoms with Gasteiger partial charge in [0.05, 0.1) is 10.0 Å². The number of benzene rings is 2. The number of aromatic hydroxyl groups is 1. The highest BCUT2D eigenvalue weighted by atomic mass is 35.5. The van der Waals surface area contributed by atoms with Gasteiger partial charge < -0.3 is 15.5 Å². The first-order chi connectivity index (χ1) is 10.4. The maximum Gasteiger partial charge on any atom is 0.405 e. The molecule has 0 aliphatic heterocycles. The van der Waals surface area contributed by atoms with Crippen molar-refractivity contribution in [1.29, 1.82) is 0 Å². The van der Waals surface area contributed by atoms with Crippen LogP contribution in [0.4, 0.5) is 4.79 Å². The molecule has 7 heteroatoms. The van der Waals surface area contributed by atoms with Crippen LogP contribution in [0.1, 0.15) is 22.0 Å². The molecule has 1 amide bonds. The van der Waals surface area contributed by atoms with Crippen LogP contribution in [-0.2, 0) is 0 Å². The van der Waals surface area contributed by atoms with Crippen molar-refractivity contribution < 1.29 is 19.8 Å². The van der Waals surface area contributed by atoms with Crippen LogP contribution in [0.25, 0.3) is 0 Å². The topological polar surface area (TPSA) is 86.6 Å². The number of phenolic OH excluding ortho intramolecular Hbond substituents is 1. The van der Waals surface area contributed by atoms with E-state index in [1.807, 2.05) is 0 Å². The molecule has 2 aromatic carbocycles. The minimum absolute atomic E-state index is 0.00818. The van der Waals surface area contributed by atoms with E-state index in [4.69, 9.17) is 28.3 Å². The lowest BCUT2D eigenvalue weighted by atomic mass is 9.97. The average molecular weight is 340 g/mol. The van der Waals surface area contributed by atoms with Crippen molar-refractivity contribution in [3.63, 3.8) is 0 Å². The number of Topliss-reactive ketones (excluding diaryl/α,β-unsaturated/α-hetero) is 1. The van der Waals surface area contributed by atoms with E-state index >= 15 is 0 Å². The van der Waals surface area contributed by atoms with Gasteiger partial charge in [0.2, 0.25) is 0 Å². The first kappa shape index (κ1) is 16.1. The lowest BCUT2D eigenvalue weighted by Gasteiger charge is -2.17.